The molecular formula is C12H9F3N6O. The van der Waals surface area contributed by atoms with Crippen molar-refractivity contribution < 1.29 is 18.0 Å². The molecule has 0 fully saturated rings. The van der Waals surface area contributed by atoms with E-state index >= 15 is 0 Å². The Hall–Kier alpha value is -2.83. The van der Waals surface area contributed by atoms with Gasteiger partial charge in [0.1, 0.15) is 11.5 Å². The van der Waals surface area contributed by atoms with Crippen LogP contribution in [0.1, 0.15) is 18.3 Å². The van der Waals surface area contributed by atoms with Crippen LogP contribution in [-0.2, 0) is 5.41 Å². The Morgan fingerprint density at radius 3 is 2.77 bits per heavy atom. The Balaban J connectivity index is 2.39. The molecule has 3 heterocycles. The highest BCUT2D eigenvalue weighted by Gasteiger charge is 2.60. The van der Waals surface area contributed by atoms with Crippen LogP contribution < -0.4 is 10.6 Å². The number of carbonyl (C=O) groups is 1. The lowest BCUT2D eigenvalue weighted by Gasteiger charge is -2.27. The minimum atomic E-state index is -4.64. The van der Waals surface area contributed by atoms with Gasteiger partial charge in [-0.15, -0.1) is 0 Å². The van der Waals surface area contributed by atoms with Crippen LogP contribution in [0, 0.1) is 11.3 Å². The van der Waals surface area contributed by atoms with E-state index in [1.54, 1.807) is 6.07 Å². The minimum Gasteiger partial charge on any atom is -0.351 e. The summed E-state index contributed by atoms with van der Waals surface area (Å²) in [6.07, 6.45) is -3.51. The van der Waals surface area contributed by atoms with Crippen LogP contribution >= 0.6 is 0 Å². The van der Waals surface area contributed by atoms with Crippen molar-refractivity contribution in [1.82, 2.24) is 14.6 Å². The summed E-state index contributed by atoms with van der Waals surface area (Å²) in [7, 11) is 0. The molecule has 2 aromatic heterocycles. The van der Waals surface area contributed by atoms with Gasteiger partial charge in [0.2, 0.25) is 0 Å². The third-order valence-electron chi connectivity index (χ3n) is 3.76. The van der Waals surface area contributed by atoms with Crippen molar-refractivity contribution >= 4 is 17.4 Å². The summed E-state index contributed by atoms with van der Waals surface area (Å²) in [5.74, 6) is 0. The van der Waals surface area contributed by atoms with Crippen LogP contribution in [0.5, 0.6) is 0 Å². The fourth-order valence-electron chi connectivity index (χ4n) is 2.59. The Kier molecular flexibility index (Phi) is 2.63. The first kappa shape index (κ1) is 14.1. The van der Waals surface area contributed by atoms with Crippen molar-refractivity contribution in [3.63, 3.8) is 0 Å². The third kappa shape index (κ3) is 1.65. The van der Waals surface area contributed by atoms with Crippen LogP contribution in [-0.4, -0.2) is 33.4 Å². The number of hydrogen-bond acceptors (Lipinski definition) is 4. The number of nitriles is 1. The van der Waals surface area contributed by atoms with Crippen molar-refractivity contribution in [1.29, 1.82) is 5.26 Å². The third-order valence-corrected chi connectivity index (χ3v) is 3.76. The quantitative estimate of drug-likeness (QED) is 0.793. The lowest BCUT2D eigenvalue weighted by atomic mass is 9.88. The summed E-state index contributed by atoms with van der Waals surface area (Å²) in [5, 5.41) is 12.7. The van der Waals surface area contributed by atoms with Gasteiger partial charge < -0.3 is 5.73 Å². The summed E-state index contributed by atoms with van der Waals surface area (Å²) in [5.41, 5.74) is 2.50. The molecular weight excluding hydrogens is 301 g/mol. The number of primary amides is 1. The average molecular weight is 310 g/mol. The molecule has 7 nitrogen and oxygen atoms in total. The number of hydrogen-bond donors (Lipinski definition) is 1. The minimum absolute atomic E-state index is 0.0626. The highest BCUT2D eigenvalue weighted by Crippen LogP contribution is 2.49. The van der Waals surface area contributed by atoms with Gasteiger partial charge in [-0.3, -0.25) is 4.90 Å². The van der Waals surface area contributed by atoms with E-state index in [1.165, 1.54) is 6.07 Å². The van der Waals surface area contributed by atoms with Crippen LogP contribution in [0.2, 0.25) is 0 Å². The first-order valence-electron chi connectivity index (χ1n) is 6.12. The molecule has 0 aromatic carbocycles. The molecule has 0 saturated heterocycles. The lowest BCUT2D eigenvalue weighted by molar-refractivity contribution is -0.181. The van der Waals surface area contributed by atoms with Gasteiger partial charge in [0, 0.05) is 12.6 Å². The molecule has 1 unspecified atom stereocenters. The number of nitrogens with zero attached hydrogens (tertiary/aromatic N) is 5. The first-order chi connectivity index (χ1) is 10.2. The second-order valence-corrected chi connectivity index (χ2v) is 5.16. The predicted octanol–water partition coefficient (Wildman–Crippen LogP) is 1.32. The number of nitrogens with two attached hydrogens (primary N) is 1. The highest BCUT2D eigenvalue weighted by molar-refractivity contribution is 5.93. The maximum atomic E-state index is 13.6. The van der Waals surface area contributed by atoms with E-state index in [-0.39, 0.29) is 22.7 Å². The van der Waals surface area contributed by atoms with Crippen LogP contribution in [0.3, 0.4) is 0 Å². The van der Waals surface area contributed by atoms with Crippen molar-refractivity contribution in [3.05, 3.63) is 23.7 Å². The molecule has 0 aliphatic carbocycles. The number of urea groups is 1. The van der Waals surface area contributed by atoms with Gasteiger partial charge in [-0.05, 0) is 6.92 Å². The van der Waals surface area contributed by atoms with Gasteiger partial charge in [-0.2, -0.15) is 23.5 Å². The number of rotatable bonds is 0. The Morgan fingerprint density at radius 2 is 2.23 bits per heavy atom. The standard InChI is InChI=1S/C12H9F3N6O/c1-11(12(13,14)15)5-20(10(17)22)7-4-18-8-2-6(3-16)19-21(8)9(7)11/h2,4H,5H2,1H3,(H2,17,22). The smallest absolute Gasteiger partial charge is 0.351 e. The number of amides is 2. The van der Waals surface area contributed by atoms with Gasteiger partial charge >= 0.3 is 12.2 Å². The van der Waals surface area contributed by atoms with Crippen molar-refractivity contribution in [2.75, 3.05) is 11.4 Å². The molecule has 0 radical (unpaired) electrons. The SMILES string of the molecule is CC1(C(F)(F)F)CN(C(N)=O)c2cnc3cc(C#N)nn3c21. The van der Waals surface area contributed by atoms with Gasteiger partial charge in [0.15, 0.2) is 11.3 Å². The molecule has 0 bridgehead atoms. The molecule has 2 N–H and O–H groups in total. The van der Waals surface area contributed by atoms with E-state index in [4.69, 9.17) is 11.0 Å². The Labute approximate surface area is 121 Å². The highest BCUT2D eigenvalue weighted by atomic mass is 19.4. The van der Waals surface area contributed by atoms with E-state index in [0.29, 0.717) is 0 Å². The summed E-state index contributed by atoms with van der Waals surface area (Å²) in [6.45, 7) is 0.297. The summed E-state index contributed by atoms with van der Waals surface area (Å²) >= 11 is 0. The maximum absolute atomic E-state index is 13.6. The fraction of sp³-hybridized carbons (Fsp3) is 0.333. The van der Waals surface area contributed by atoms with Gasteiger partial charge in [-0.25, -0.2) is 14.3 Å². The Morgan fingerprint density at radius 1 is 1.55 bits per heavy atom. The number of fused-ring (bicyclic) bond motifs is 3. The van der Waals surface area contributed by atoms with E-state index in [0.717, 1.165) is 22.5 Å². The largest absolute Gasteiger partial charge is 0.401 e. The van der Waals surface area contributed by atoms with Gasteiger partial charge in [-0.1, -0.05) is 0 Å². The van der Waals surface area contributed by atoms with E-state index in [1.807, 2.05) is 0 Å². The predicted molar refractivity (Wildman–Crippen MR) is 68.0 cm³/mol. The summed E-state index contributed by atoms with van der Waals surface area (Å²) in [6, 6.07) is 2.01. The molecule has 3 rings (SSSR count). The number of anilines is 1. The van der Waals surface area contributed by atoms with Crippen molar-refractivity contribution in [2.24, 2.45) is 5.73 Å². The van der Waals surface area contributed by atoms with E-state index in [9.17, 15) is 18.0 Å². The van der Waals surface area contributed by atoms with Crippen molar-refractivity contribution in [2.45, 2.75) is 18.5 Å². The van der Waals surface area contributed by atoms with E-state index in [2.05, 4.69) is 10.1 Å². The first-order valence-corrected chi connectivity index (χ1v) is 6.12. The molecule has 0 saturated carbocycles. The zero-order chi connectivity index (χ0) is 16.3. The van der Waals surface area contributed by atoms with Gasteiger partial charge in [0.25, 0.3) is 0 Å². The second-order valence-electron chi connectivity index (χ2n) is 5.16. The molecule has 2 aromatic rings. The second kappa shape index (κ2) is 4.09. The molecule has 114 valence electrons. The normalized spacial score (nSPS) is 21.0. The summed E-state index contributed by atoms with van der Waals surface area (Å²) in [4.78, 5) is 16.2. The van der Waals surface area contributed by atoms with E-state index < -0.39 is 24.2 Å². The van der Waals surface area contributed by atoms with Crippen molar-refractivity contribution in [3.8, 4) is 6.07 Å². The molecule has 1 aliphatic rings. The average Bonchev–Trinajstić information content (AvgIpc) is 2.97. The number of aromatic nitrogens is 3. The molecule has 1 atom stereocenters. The van der Waals surface area contributed by atoms with Crippen LogP contribution in [0.15, 0.2) is 12.3 Å². The van der Waals surface area contributed by atoms with Gasteiger partial charge in [0.05, 0.1) is 17.6 Å². The maximum Gasteiger partial charge on any atom is 0.401 e. The number of carbonyl (C=O) groups excluding carboxylic acids is 1. The number of alkyl halides is 3. The fourth-order valence-corrected chi connectivity index (χ4v) is 2.59. The van der Waals surface area contributed by atoms with Crippen LogP contribution in [0.25, 0.3) is 5.65 Å². The zero-order valence-corrected chi connectivity index (χ0v) is 11.2. The molecule has 10 heteroatoms. The zero-order valence-electron chi connectivity index (χ0n) is 11.2. The molecule has 0 spiro atoms. The number of halogens is 3. The topological polar surface area (TPSA) is 100 Å². The molecule has 2 amide bonds. The lowest BCUT2D eigenvalue weighted by Crippen LogP contribution is -2.46. The monoisotopic (exact) mass is 310 g/mol. The summed E-state index contributed by atoms with van der Waals surface area (Å²) < 4.78 is 41.7. The molecule has 1 aliphatic heterocycles. The van der Waals surface area contributed by atoms with Crippen LogP contribution in [0.4, 0.5) is 23.7 Å². The molecule has 22 heavy (non-hydrogen) atoms. The Bertz CT molecular complexity index is 836.